The molecular formula is C16H18N4O. The third-order valence-corrected chi connectivity index (χ3v) is 4.03. The average Bonchev–Trinajstić information content (AvgIpc) is 2.94. The van der Waals surface area contributed by atoms with Crippen LogP contribution in [0.1, 0.15) is 23.7 Å². The van der Waals surface area contributed by atoms with Crippen LogP contribution < -0.4 is 4.74 Å². The minimum atomic E-state index is -0.0625. The fraction of sp³-hybridized carbons (Fsp3) is 0.375. The molecule has 0 radical (unpaired) electrons. The van der Waals surface area contributed by atoms with Crippen molar-refractivity contribution in [2.75, 3.05) is 7.11 Å². The van der Waals surface area contributed by atoms with Crippen LogP contribution in [-0.4, -0.2) is 17.7 Å². The van der Waals surface area contributed by atoms with Crippen LogP contribution in [0.15, 0.2) is 29.4 Å². The van der Waals surface area contributed by atoms with E-state index < -0.39 is 0 Å². The molecule has 0 amide bonds. The predicted molar refractivity (Wildman–Crippen MR) is 82.6 cm³/mol. The summed E-state index contributed by atoms with van der Waals surface area (Å²) in [5.74, 6) is 0.893. The second-order valence-electron chi connectivity index (χ2n) is 5.52. The quantitative estimate of drug-likeness (QED) is 0.404. The maximum Gasteiger partial charge on any atom is 0.119 e. The van der Waals surface area contributed by atoms with Crippen molar-refractivity contribution < 1.29 is 4.74 Å². The third kappa shape index (κ3) is 2.26. The molecule has 0 aliphatic heterocycles. The first-order valence-corrected chi connectivity index (χ1v) is 7.04. The lowest BCUT2D eigenvalue weighted by Gasteiger charge is -2.14. The molecule has 1 aliphatic carbocycles. The minimum Gasteiger partial charge on any atom is -0.497 e. The number of nitrogens with zero attached hydrogens (tertiary/aromatic N) is 4. The van der Waals surface area contributed by atoms with Gasteiger partial charge in [-0.05, 0) is 47.8 Å². The molecule has 21 heavy (non-hydrogen) atoms. The number of benzene rings is 1. The second kappa shape index (κ2) is 5.19. The van der Waals surface area contributed by atoms with Gasteiger partial charge in [0.05, 0.1) is 18.8 Å². The van der Waals surface area contributed by atoms with Gasteiger partial charge in [-0.1, -0.05) is 12.0 Å². The van der Waals surface area contributed by atoms with Gasteiger partial charge in [0, 0.05) is 29.1 Å². The number of hydrogen-bond acceptors (Lipinski definition) is 2. The number of fused-ring (bicyclic) bond motifs is 3. The van der Waals surface area contributed by atoms with Crippen molar-refractivity contribution in [3.05, 3.63) is 51.5 Å². The van der Waals surface area contributed by atoms with Gasteiger partial charge in [0.15, 0.2) is 0 Å². The fourth-order valence-corrected chi connectivity index (χ4v) is 3.10. The van der Waals surface area contributed by atoms with Crippen LogP contribution in [0.4, 0.5) is 0 Å². The first kappa shape index (κ1) is 13.6. The van der Waals surface area contributed by atoms with E-state index in [0.717, 1.165) is 12.2 Å². The van der Waals surface area contributed by atoms with Gasteiger partial charge in [0.1, 0.15) is 5.75 Å². The van der Waals surface area contributed by atoms with Crippen LogP contribution in [0.5, 0.6) is 5.75 Å². The summed E-state index contributed by atoms with van der Waals surface area (Å²) < 4.78 is 7.56. The van der Waals surface area contributed by atoms with Crippen LogP contribution in [0.2, 0.25) is 0 Å². The number of azide groups is 1. The Kier molecular flexibility index (Phi) is 3.35. The summed E-state index contributed by atoms with van der Waals surface area (Å²) in [6.45, 7) is 4.75. The van der Waals surface area contributed by atoms with E-state index in [-0.39, 0.29) is 6.04 Å². The Morgan fingerprint density at radius 3 is 2.90 bits per heavy atom. The van der Waals surface area contributed by atoms with E-state index in [4.69, 9.17) is 10.3 Å². The van der Waals surface area contributed by atoms with Crippen LogP contribution in [0.25, 0.3) is 21.7 Å². The van der Waals surface area contributed by atoms with Crippen molar-refractivity contribution in [1.82, 2.24) is 4.57 Å². The van der Waals surface area contributed by atoms with Crippen LogP contribution in [0, 0.1) is 6.92 Å². The average molecular weight is 282 g/mol. The number of hydrogen-bond donors (Lipinski definition) is 0. The van der Waals surface area contributed by atoms with Crippen molar-refractivity contribution in [2.24, 2.45) is 5.11 Å². The molecule has 0 unspecified atom stereocenters. The molecule has 1 atom stereocenters. The summed E-state index contributed by atoms with van der Waals surface area (Å²) in [7, 11) is 1.69. The molecule has 2 aromatic rings. The summed E-state index contributed by atoms with van der Waals surface area (Å²) in [4.78, 5) is 2.90. The molecule has 1 aromatic heterocycles. The molecule has 0 bridgehead atoms. The van der Waals surface area contributed by atoms with Crippen LogP contribution in [0.3, 0.4) is 0 Å². The lowest BCUT2D eigenvalue weighted by Crippen LogP contribution is -2.12. The molecule has 0 spiro atoms. The second-order valence-corrected chi connectivity index (χ2v) is 5.52. The summed E-state index contributed by atoms with van der Waals surface area (Å²) in [5.41, 5.74) is 14.9. The van der Waals surface area contributed by atoms with Crippen molar-refractivity contribution in [2.45, 2.75) is 32.9 Å². The molecule has 3 rings (SSSR count). The van der Waals surface area contributed by atoms with E-state index in [1.165, 1.54) is 28.1 Å². The minimum absolute atomic E-state index is 0.0625. The highest BCUT2D eigenvalue weighted by Crippen LogP contribution is 2.40. The zero-order valence-electron chi connectivity index (χ0n) is 12.5. The normalized spacial score (nSPS) is 13.3. The Labute approximate surface area is 123 Å². The van der Waals surface area contributed by atoms with E-state index in [1.807, 2.05) is 13.0 Å². The Balaban J connectivity index is 2.04. The lowest BCUT2D eigenvalue weighted by atomic mass is 10.1. The maximum absolute atomic E-state index is 8.58. The Hall–Kier alpha value is -2.39. The Morgan fingerprint density at radius 1 is 1.38 bits per heavy atom. The van der Waals surface area contributed by atoms with E-state index in [2.05, 4.69) is 39.7 Å². The first-order valence-electron chi connectivity index (χ1n) is 7.04. The lowest BCUT2D eigenvalue weighted by molar-refractivity contribution is 0.414. The molecule has 1 aromatic carbocycles. The van der Waals surface area contributed by atoms with Gasteiger partial charge >= 0.3 is 0 Å². The molecular weight excluding hydrogens is 264 g/mol. The molecule has 0 saturated heterocycles. The van der Waals surface area contributed by atoms with E-state index in [0.29, 0.717) is 6.54 Å². The smallest absolute Gasteiger partial charge is 0.119 e. The number of aryl methyl sites for hydroxylation is 1. The standard InChI is InChI=1S/C16H18N4O/c1-10(18-19-17)9-20-11(2)6-13-7-12-8-14(21-3)4-5-15(12)16(13)20/h4-6,8,10H,7,9H2,1-3H3/t10-/m0/s1. The van der Waals surface area contributed by atoms with Crippen molar-refractivity contribution in [3.63, 3.8) is 0 Å². The van der Waals surface area contributed by atoms with Gasteiger partial charge in [0.2, 0.25) is 0 Å². The van der Waals surface area contributed by atoms with E-state index >= 15 is 0 Å². The number of rotatable bonds is 4. The molecule has 108 valence electrons. The van der Waals surface area contributed by atoms with Crippen molar-refractivity contribution in [1.29, 1.82) is 0 Å². The number of ether oxygens (including phenoxy) is 1. The van der Waals surface area contributed by atoms with Crippen molar-refractivity contribution in [3.8, 4) is 17.0 Å². The van der Waals surface area contributed by atoms with Crippen LogP contribution >= 0.6 is 0 Å². The summed E-state index contributed by atoms with van der Waals surface area (Å²) >= 11 is 0. The highest BCUT2D eigenvalue weighted by Gasteiger charge is 2.24. The third-order valence-electron chi connectivity index (χ3n) is 4.03. The van der Waals surface area contributed by atoms with Crippen molar-refractivity contribution >= 4 is 0 Å². The highest BCUT2D eigenvalue weighted by atomic mass is 16.5. The number of methoxy groups -OCH3 is 1. The zero-order valence-corrected chi connectivity index (χ0v) is 12.5. The highest BCUT2D eigenvalue weighted by molar-refractivity contribution is 5.76. The van der Waals surface area contributed by atoms with Crippen LogP contribution in [-0.2, 0) is 13.0 Å². The van der Waals surface area contributed by atoms with Gasteiger partial charge in [-0.3, -0.25) is 0 Å². The van der Waals surface area contributed by atoms with Gasteiger partial charge in [-0.15, -0.1) is 0 Å². The largest absolute Gasteiger partial charge is 0.497 e. The van der Waals surface area contributed by atoms with Gasteiger partial charge in [0.25, 0.3) is 0 Å². The van der Waals surface area contributed by atoms with Gasteiger partial charge < -0.3 is 9.30 Å². The van der Waals surface area contributed by atoms with Gasteiger partial charge in [-0.2, -0.15) is 0 Å². The summed E-state index contributed by atoms with van der Waals surface area (Å²) in [5, 5.41) is 3.79. The number of aromatic nitrogens is 1. The molecule has 0 fully saturated rings. The molecule has 0 saturated carbocycles. The zero-order chi connectivity index (χ0) is 15.0. The Bertz CT molecular complexity index is 741. The topological polar surface area (TPSA) is 62.9 Å². The summed E-state index contributed by atoms with van der Waals surface area (Å²) in [6, 6.07) is 8.38. The molecule has 1 aliphatic rings. The summed E-state index contributed by atoms with van der Waals surface area (Å²) in [6.07, 6.45) is 0.936. The van der Waals surface area contributed by atoms with E-state index in [1.54, 1.807) is 7.11 Å². The first-order chi connectivity index (χ1) is 10.1. The fourth-order valence-electron chi connectivity index (χ4n) is 3.10. The SMILES string of the molecule is COc1ccc2c(c1)Cc1cc(C)n(C[C@H](C)N=[N+]=[N-])c1-2. The van der Waals surface area contributed by atoms with E-state index in [9.17, 15) is 0 Å². The maximum atomic E-state index is 8.58. The molecule has 0 N–H and O–H groups in total. The predicted octanol–water partition coefficient (Wildman–Crippen LogP) is 4.08. The Morgan fingerprint density at radius 2 is 2.19 bits per heavy atom. The molecule has 1 heterocycles. The molecule has 5 heteroatoms. The molecule has 5 nitrogen and oxygen atoms in total. The monoisotopic (exact) mass is 282 g/mol. The van der Waals surface area contributed by atoms with Gasteiger partial charge in [-0.25, -0.2) is 0 Å².